The van der Waals surface area contributed by atoms with Gasteiger partial charge in [-0.1, -0.05) is 0 Å². The molecule has 2 aliphatic rings. The van der Waals surface area contributed by atoms with Gasteiger partial charge in [-0.3, -0.25) is 4.79 Å². The van der Waals surface area contributed by atoms with E-state index in [0.29, 0.717) is 5.78 Å². The van der Waals surface area contributed by atoms with E-state index in [9.17, 15) is 4.79 Å². The van der Waals surface area contributed by atoms with Crippen LogP contribution in [0.5, 0.6) is 0 Å². The number of piperidine rings is 1. The van der Waals surface area contributed by atoms with Crippen LogP contribution in [0.15, 0.2) is 0 Å². The zero-order chi connectivity index (χ0) is 10.0. The fourth-order valence-electron chi connectivity index (χ4n) is 2.63. The molecule has 2 aliphatic heterocycles. The molecule has 0 aromatic rings. The number of nitrogens with one attached hydrogen (secondary N) is 1. The first-order valence-corrected chi connectivity index (χ1v) is 5.66. The van der Waals surface area contributed by atoms with Crippen LogP contribution < -0.4 is 5.32 Å². The first-order chi connectivity index (χ1) is 6.73. The Bertz CT molecular complexity index is 221. The van der Waals surface area contributed by atoms with E-state index in [1.165, 1.54) is 0 Å². The van der Waals surface area contributed by atoms with Crippen molar-refractivity contribution in [3.8, 4) is 0 Å². The van der Waals surface area contributed by atoms with E-state index in [-0.39, 0.29) is 5.41 Å². The first-order valence-electron chi connectivity index (χ1n) is 5.66. The Morgan fingerprint density at radius 3 is 2.93 bits per heavy atom. The van der Waals surface area contributed by atoms with Crippen LogP contribution in [0.4, 0.5) is 0 Å². The van der Waals surface area contributed by atoms with Gasteiger partial charge in [-0.05, 0) is 39.4 Å². The molecule has 1 unspecified atom stereocenters. The van der Waals surface area contributed by atoms with Gasteiger partial charge in [0, 0.05) is 24.9 Å². The van der Waals surface area contributed by atoms with Gasteiger partial charge in [-0.25, -0.2) is 0 Å². The predicted octanol–water partition coefficient (Wildman–Crippen LogP) is 0.651. The second-order valence-corrected chi connectivity index (χ2v) is 4.79. The van der Waals surface area contributed by atoms with Gasteiger partial charge >= 0.3 is 0 Å². The third-order valence-corrected chi connectivity index (χ3v) is 3.76. The van der Waals surface area contributed by atoms with Gasteiger partial charge in [0.1, 0.15) is 5.78 Å². The average Bonchev–Trinajstić information content (AvgIpc) is 2.35. The molecule has 3 nitrogen and oxygen atoms in total. The zero-order valence-corrected chi connectivity index (χ0v) is 9.01. The molecule has 0 aromatic carbocycles. The minimum absolute atomic E-state index is 0.0109. The lowest BCUT2D eigenvalue weighted by atomic mass is 9.74. The number of likely N-dealkylation sites (tertiary alicyclic amines) is 1. The third kappa shape index (κ3) is 1.84. The highest BCUT2D eigenvalue weighted by Crippen LogP contribution is 2.34. The average molecular weight is 196 g/mol. The Kier molecular flexibility index (Phi) is 2.88. The molecule has 0 amide bonds. The summed E-state index contributed by atoms with van der Waals surface area (Å²) in [6, 6.07) is 0. The Balaban J connectivity index is 2.10. The van der Waals surface area contributed by atoms with Crippen molar-refractivity contribution in [2.75, 3.05) is 33.2 Å². The van der Waals surface area contributed by atoms with Crippen LogP contribution in [-0.4, -0.2) is 43.9 Å². The smallest absolute Gasteiger partial charge is 0.141 e. The number of ketones is 1. The van der Waals surface area contributed by atoms with Crippen molar-refractivity contribution in [3.63, 3.8) is 0 Å². The fraction of sp³-hybridized carbons (Fsp3) is 0.909. The predicted molar refractivity (Wildman–Crippen MR) is 56.3 cm³/mol. The fourth-order valence-corrected chi connectivity index (χ4v) is 2.63. The highest BCUT2D eigenvalue weighted by molar-refractivity contribution is 5.85. The molecule has 0 bridgehead atoms. The van der Waals surface area contributed by atoms with Crippen LogP contribution in [0.2, 0.25) is 0 Å². The van der Waals surface area contributed by atoms with Crippen molar-refractivity contribution in [2.45, 2.75) is 25.7 Å². The maximum Gasteiger partial charge on any atom is 0.141 e. The molecular formula is C11H20N2O. The van der Waals surface area contributed by atoms with Gasteiger partial charge < -0.3 is 10.2 Å². The Morgan fingerprint density at radius 1 is 1.36 bits per heavy atom. The normalized spacial score (nSPS) is 35.9. The van der Waals surface area contributed by atoms with E-state index in [1.54, 1.807) is 0 Å². The van der Waals surface area contributed by atoms with Crippen LogP contribution in [0, 0.1) is 5.41 Å². The van der Waals surface area contributed by atoms with Crippen molar-refractivity contribution in [2.24, 2.45) is 5.41 Å². The quantitative estimate of drug-likeness (QED) is 0.617. The van der Waals surface area contributed by atoms with Crippen LogP contribution in [0.1, 0.15) is 25.7 Å². The number of hydrogen-bond acceptors (Lipinski definition) is 3. The lowest BCUT2D eigenvalue weighted by Gasteiger charge is -2.35. The van der Waals surface area contributed by atoms with Crippen molar-refractivity contribution in [3.05, 3.63) is 0 Å². The van der Waals surface area contributed by atoms with Gasteiger partial charge in [-0.2, -0.15) is 0 Å². The molecular weight excluding hydrogens is 176 g/mol. The summed E-state index contributed by atoms with van der Waals surface area (Å²) in [6.45, 7) is 4.03. The monoisotopic (exact) mass is 196 g/mol. The molecule has 2 heterocycles. The number of carbonyl (C=O) groups is 1. The zero-order valence-electron chi connectivity index (χ0n) is 9.01. The maximum atomic E-state index is 12.1. The molecule has 2 rings (SSSR count). The highest BCUT2D eigenvalue weighted by Gasteiger charge is 2.39. The van der Waals surface area contributed by atoms with E-state index >= 15 is 0 Å². The lowest BCUT2D eigenvalue weighted by Crippen LogP contribution is -2.45. The summed E-state index contributed by atoms with van der Waals surface area (Å²) >= 11 is 0. The molecule has 80 valence electrons. The van der Waals surface area contributed by atoms with E-state index in [1.807, 2.05) is 0 Å². The second kappa shape index (κ2) is 3.99. The summed E-state index contributed by atoms with van der Waals surface area (Å²) < 4.78 is 0. The Morgan fingerprint density at radius 2 is 2.21 bits per heavy atom. The van der Waals surface area contributed by atoms with E-state index in [0.717, 1.165) is 51.9 Å². The molecule has 1 N–H and O–H groups in total. The summed E-state index contributed by atoms with van der Waals surface area (Å²) in [7, 11) is 2.11. The molecule has 14 heavy (non-hydrogen) atoms. The molecule has 2 fully saturated rings. The molecule has 0 aromatic heterocycles. The minimum Gasteiger partial charge on any atom is -0.316 e. The maximum absolute atomic E-state index is 12.1. The van der Waals surface area contributed by atoms with Gasteiger partial charge in [0.25, 0.3) is 0 Å². The number of Topliss-reactive ketones (excluding diaryl/α,β-unsaturated/α-hetero) is 1. The second-order valence-electron chi connectivity index (χ2n) is 4.79. The molecule has 0 aliphatic carbocycles. The molecule has 3 heteroatoms. The summed E-state index contributed by atoms with van der Waals surface area (Å²) in [5.41, 5.74) is -0.0109. The van der Waals surface area contributed by atoms with Crippen LogP contribution in [-0.2, 0) is 4.79 Å². The molecule has 1 spiro atoms. The van der Waals surface area contributed by atoms with Crippen molar-refractivity contribution in [1.29, 1.82) is 0 Å². The standard InChI is InChI=1S/C11H20N2O/c1-13-7-3-10(14)11(5-8-13)4-2-6-12-9-11/h12H,2-9H2,1H3. The molecule has 0 saturated carbocycles. The first kappa shape index (κ1) is 10.1. The van der Waals surface area contributed by atoms with Gasteiger partial charge in [0.2, 0.25) is 0 Å². The van der Waals surface area contributed by atoms with E-state index in [2.05, 4.69) is 17.3 Å². The van der Waals surface area contributed by atoms with Gasteiger partial charge in [0.15, 0.2) is 0 Å². The van der Waals surface area contributed by atoms with Gasteiger partial charge in [0.05, 0.1) is 0 Å². The molecule has 1 atom stereocenters. The van der Waals surface area contributed by atoms with Crippen LogP contribution in [0.25, 0.3) is 0 Å². The Labute approximate surface area is 85.8 Å². The lowest BCUT2D eigenvalue weighted by molar-refractivity contribution is -0.129. The number of nitrogens with zero attached hydrogens (tertiary/aromatic N) is 1. The van der Waals surface area contributed by atoms with Crippen molar-refractivity contribution < 1.29 is 4.79 Å². The van der Waals surface area contributed by atoms with Gasteiger partial charge in [-0.15, -0.1) is 0 Å². The largest absolute Gasteiger partial charge is 0.316 e. The number of carbonyl (C=O) groups excluding carboxylic acids is 1. The highest BCUT2D eigenvalue weighted by atomic mass is 16.1. The SMILES string of the molecule is CN1CCC(=O)C2(CCCNC2)CC1. The minimum atomic E-state index is -0.0109. The summed E-state index contributed by atoms with van der Waals surface area (Å²) in [5.74, 6) is 0.494. The molecule has 0 radical (unpaired) electrons. The summed E-state index contributed by atoms with van der Waals surface area (Å²) in [4.78, 5) is 14.3. The third-order valence-electron chi connectivity index (χ3n) is 3.76. The van der Waals surface area contributed by atoms with E-state index in [4.69, 9.17) is 0 Å². The van der Waals surface area contributed by atoms with Crippen molar-refractivity contribution >= 4 is 5.78 Å². The summed E-state index contributed by atoms with van der Waals surface area (Å²) in [6.07, 6.45) is 4.07. The summed E-state index contributed by atoms with van der Waals surface area (Å²) in [5, 5.41) is 3.38. The number of hydrogen-bond donors (Lipinski definition) is 1. The van der Waals surface area contributed by atoms with E-state index < -0.39 is 0 Å². The van der Waals surface area contributed by atoms with Crippen molar-refractivity contribution in [1.82, 2.24) is 10.2 Å². The topological polar surface area (TPSA) is 32.3 Å². The Hall–Kier alpha value is -0.410. The molecule has 2 saturated heterocycles. The van der Waals surface area contributed by atoms with Crippen LogP contribution in [0.3, 0.4) is 0 Å². The van der Waals surface area contributed by atoms with Crippen LogP contribution >= 0.6 is 0 Å². The number of rotatable bonds is 0.